The van der Waals surface area contributed by atoms with Gasteiger partial charge in [-0.3, -0.25) is 4.79 Å². The molecule has 0 N–H and O–H groups in total. The van der Waals surface area contributed by atoms with E-state index >= 15 is 0 Å². The molecule has 25 heavy (non-hydrogen) atoms. The summed E-state index contributed by atoms with van der Waals surface area (Å²) in [6.45, 7) is 0. The molecule has 1 amide bonds. The number of carbonyl (C=O) groups excluding carboxylic acids is 1. The highest BCUT2D eigenvalue weighted by atomic mass is 32.2. The number of carbonyl (C=O) groups is 1. The summed E-state index contributed by atoms with van der Waals surface area (Å²) < 4.78 is 34.5. The molecule has 2 aliphatic rings. The van der Waals surface area contributed by atoms with Gasteiger partial charge in [-0.25, -0.2) is 8.42 Å². The number of amides is 1. The maximum atomic E-state index is 13.2. The Morgan fingerprint density at radius 3 is 2.44 bits per heavy atom. The molecule has 1 aromatic rings. The number of rotatable bonds is 5. The van der Waals surface area contributed by atoms with E-state index in [4.69, 9.17) is 9.47 Å². The third-order valence-corrected chi connectivity index (χ3v) is 6.21. The molecule has 7 heteroatoms. The van der Waals surface area contributed by atoms with Gasteiger partial charge in [0.05, 0.1) is 31.7 Å². The molecule has 6 nitrogen and oxygen atoms in total. The van der Waals surface area contributed by atoms with Crippen molar-refractivity contribution in [1.82, 2.24) is 0 Å². The van der Waals surface area contributed by atoms with Crippen LogP contribution in [0.15, 0.2) is 29.7 Å². The van der Waals surface area contributed by atoms with Crippen LogP contribution < -0.4 is 14.4 Å². The number of ether oxygens (including phenoxy) is 2. The minimum absolute atomic E-state index is 0.0345. The van der Waals surface area contributed by atoms with Crippen LogP contribution in [-0.4, -0.2) is 40.3 Å². The molecule has 0 aromatic heterocycles. The monoisotopic (exact) mass is 365 g/mol. The predicted molar refractivity (Wildman–Crippen MR) is 95.7 cm³/mol. The van der Waals surface area contributed by atoms with Gasteiger partial charge in [-0.2, -0.15) is 0 Å². The molecule has 0 saturated heterocycles. The molecule has 1 aliphatic carbocycles. The Morgan fingerprint density at radius 1 is 1.16 bits per heavy atom. The fourth-order valence-corrected chi connectivity index (χ4v) is 4.80. The first-order valence-corrected chi connectivity index (χ1v) is 10.1. The van der Waals surface area contributed by atoms with Crippen LogP contribution in [0.4, 0.5) is 5.69 Å². The third kappa shape index (κ3) is 3.66. The molecule has 1 aromatic carbocycles. The van der Waals surface area contributed by atoms with E-state index in [0.717, 1.165) is 25.7 Å². The van der Waals surface area contributed by atoms with Crippen molar-refractivity contribution in [2.75, 3.05) is 24.9 Å². The lowest BCUT2D eigenvalue weighted by molar-refractivity contribution is -0.122. The average molecular weight is 365 g/mol. The van der Waals surface area contributed by atoms with Gasteiger partial charge in [0.1, 0.15) is 11.5 Å². The summed E-state index contributed by atoms with van der Waals surface area (Å²) in [5, 5.41) is 1.20. The van der Waals surface area contributed by atoms with Crippen molar-refractivity contribution in [2.45, 2.75) is 31.7 Å². The van der Waals surface area contributed by atoms with Gasteiger partial charge in [-0.15, -0.1) is 0 Å². The van der Waals surface area contributed by atoms with Gasteiger partial charge >= 0.3 is 0 Å². The first-order chi connectivity index (χ1) is 11.9. The topological polar surface area (TPSA) is 72.9 Å². The van der Waals surface area contributed by atoms with Gasteiger partial charge in [0, 0.05) is 17.4 Å². The Labute approximate surface area is 148 Å². The van der Waals surface area contributed by atoms with E-state index < -0.39 is 15.9 Å². The first-order valence-electron chi connectivity index (χ1n) is 8.41. The van der Waals surface area contributed by atoms with E-state index in [9.17, 15) is 13.2 Å². The van der Waals surface area contributed by atoms with Crippen LogP contribution >= 0.6 is 0 Å². The van der Waals surface area contributed by atoms with E-state index in [1.54, 1.807) is 36.3 Å². The normalized spacial score (nSPS) is 22.1. The Morgan fingerprint density at radius 2 is 1.88 bits per heavy atom. The van der Waals surface area contributed by atoms with Crippen molar-refractivity contribution in [3.05, 3.63) is 29.7 Å². The number of hydrogen-bond donors (Lipinski definition) is 0. The number of benzene rings is 1. The van der Waals surface area contributed by atoms with E-state index in [-0.39, 0.29) is 17.6 Å². The molecule has 0 unspecified atom stereocenters. The van der Waals surface area contributed by atoms with Crippen LogP contribution in [0.3, 0.4) is 0 Å². The number of anilines is 1. The van der Waals surface area contributed by atoms with Gasteiger partial charge in [-0.1, -0.05) is 12.8 Å². The zero-order valence-corrected chi connectivity index (χ0v) is 15.3. The second kappa shape index (κ2) is 7.07. The Hall–Kier alpha value is -2.02. The quantitative estimate of drug-likeness (QED) is 0.802. The van der Waals surface area contributed by atoms with Crippen molar-refractivity contribution in [3.8, 4) is 11.5 Å². The van der Waals surface area contributed by atoms with Crippen LogP contribution in [0.25, 0.3) is 0 Å². The maximum Gasteiger partial charge on any atom is 0.230 e. The lowest BCUT2D eigenvalue weighted by Crippen LogP contribution is -2.44. The van der Waals surface area contributed by atoms with Gasteiger partial charge in [0.2, 0.25) is 5.91 Å². The maximum absolute atomic E-state index is 13.2. The molecular formula is C18H23NO5S. The smallest absolute Gasteiger partial charge is 0.230 e. The number of hydrogen-bond acceptors (Lipinski definition) is 5. The summed E-state index contributed by atoms with van der Waals surface area (Å²) in [4.78, 5) is 14.8. The van der Waals surface area contributed by atoms with Crippen LogP contribution in [0.1, 0.15) is 25.7 Å². The SMILES string of the molecule is COc1ccc(N(C(=O)C2CCCC2)[C@@H]2C=CS(=O)(=O)C2)c(OC)c1. The van der Waals surface area contributed by atoms with E-state index in [1.807, 2.05) is 0 Å². The Kier molecular flexibility index (Phi) is 5.03. The highest BCUT2D eigenvalue weighted by Gasteiger charge is 2.37. The zero-order chi connectivity index (χ0) is 18.0. The lowest BCUT2D eigenvalue weighted by atomic mass is 10.0. The van der Waals surface area contributed by atoms with Crippen LogP contribution in [-0.2, 0) is 14.6 Å². The standard InChI is InChI=1S/C18H23NO5S/c1-23-15-7-8-16(17(11-15)24-2)19(14-9-10-25(21,22)12-14)18(20)13-5-3-4-6-13/h7-11,13-14H,3-6,12H2,1-2H3/t14-/m1/s1. The summed E-state index contributed by atoms with van der Waals surface area (Å²) in [6.07, 6.45) is 5.34. The van der Waals surface area contributed by atoms with Crippen molar-refractivity contribution in [3.63, 3.8) is 0 Å². The van der Waals surface area contributed by atoms with Crippen LogP contribution in [0.2, 0.25) is 0 Å². The summed E-state index contributed by atoms with van der Waals surface area (Å²) in [6, 6.07) is 4.70. The average Bonchev–Trinajstić information content (AvgIpc) is 3.25. The first kappa shape index (κ1) is 17.8. The molecule has 1 aliphatic heterocycles. The Balaban J connectivity index is 2.02. The second-order valence-electron chi connectivity index (χ2n) is 6.45. The largest absolute Gasteiger partial charge is 0.497 e. The summed E-state index contributed by atoms with van der Waals surface area (Å²) >= 11 is 0. The minimum atomic E-state index is -3.28. The van der Waals surface area contributed by atoms with Gasteiger partial charge in [0.25, 0.3) is 0 Å². The van der Waals surface area contributed by atoms with Crippen molar-refractivity contribution in [1.29, 1.82) is 0 Å². The lowest BCUT2D eigenvalue weighted by Gasteiger charge is -2.31. The fraction of sp³-hybridized carbons (Fsp3) is 0.500. The van der Waals surface area contributed by atoms with Gasteiger partial charge in [0.15, 0.2) is 9.84 Å². The summed E-state index contributed by atoms with van der Waals surface area (Å²) in [7, 11) is -0.195. The molecular weight excluding hydrogens is 342 g/mol. The Bertz CT molecular complexity index is 781. The van der Waals surface area contributed by atoms with Crippen LogP contribution in [0, 0.1) is 5.92 Å². The number of nitrogens with zero attached hydrogens (tertiary/aromatic N) is 1. The number of methoxy groups -OCH3 is 2. The zero-order valence-electron chi connectivity index (χ0n) is 14.5. The second-order valence-corrected chi connectivity index (χ2v) is 8.38. The molecule has 1 fully saturated rings. The van der Waals surface area contributed by atoms with E-state index in [1.165, 1.54) is 12.5 Å². The minimum Gasteiger partial charge on any atom is -0.497 e. The van der Waals surface area contributed by atoms with E-state index in [2.05, 4.69) is 0 Å². The van der Waals surface area contributed by atoms with Gasteiger partial charge < -0.3 is 14.4 Å². The molecule has 0 bridgehead atoms. The van der Waals surface area contributed by atoms with Crippen molar-refractivity contribution < 1.29 is 22.7 Å². The van der Waals surface area contributed by atoms with Crippen LogP contribution in [0.5, 0.6) is 11.5 Å². The molecule has 136 valence electrons. The fourth-order valence-electron chi connectivity index (χ4n) is 3.53. The van der Waals surface area contributed by atoms with Crippen molar-refractivity contribution >= 4 is 21.4 Å². The summed E-state index contributed by atoms with van der Waals surface area (Å²) in [5.41, 5.74) is 0.576. The molecule has 0 spiro atoms. The molecule has 3 rings (SSSR count). The molecule has 1 saturated carbocycles. The highest BCUT2D eigenvalue weighted by molar-refractivity contribution is 7.94. The van der Waals surface area contributed by atoms with Crippen molar-refractivity contribution in [2.24, 2.45) is 5.92 Å². The highest BCUT2D eigenvalue weighted by Crippen LogP contribution is 2.37. The molecule has 1 heterocycles. The molecule has 1 atom stereocenters. The third-order valence-electron chi connectivity index (χ3n) is 4.83. The summed E-state index contributed by atoms with van der Waals surface area (Å²) in [5.74, 6) is 0.906. The molecule has 0 radical (unpaired) electrons. The predicted octanol–water partition coefficient (Wildman–Crippen LogP) is 2.54. The number of sulfone groups is 1. The van der Waals surface area contributed by atoms with Gasteiger partial charge in [-0.05, 0) is 31.1 Å². The van der Waals surface area contributed by atoms with E-state index in [0.29, 0.717) is 17.2 Å².